The maximum Gasteiger partial charge on any atom is 0.0710 e. The Labute approximate surface area is 155 Å². The van der Waals surface area contributed by atoms with Crippen LogP contribution in [-0.4, -0.2) is 33.2 Å². The van der Waals surface area contributed by atoms with Gasteiger partial charge in [-0.15, -0.1) is 0 Å². The third-order valence-electron chi connectivity index (χ3n) is 4.62. The van der Waals surface area contributed by atoms with Crippen molar-refractivity contribution in [1.29, 1.82) is 0 Å². The molecule has 0 aliphatic heterocycles. The van der Waals surface area contributed by atoms with Crippen LogP contribution in [0.4, 0.5) is 0 Å². The Balaban J connectivity index is 1.59. The SMILES string of the molecule is CC(C)N(C)Cc1cccc(CNCc2cn[nH]c2-c2cccnc2)c1. The Hall–Kier alpha value is -2.50. The molecule has 0 radical (unpaired) electrons. The lowest BCUT2D eigenvalue weighted by molar-refractivity contribution is 0.266. The largest absolute Gasteiger partial charge is 0.308 e. The van der Waals surface area contributed by atoms with E-state index in [9.17, 15) is 0 Å². The molecule has 3 aromatic rings. The first-order valence-electron chi connectivity index (χ1n) is 9.05. The molecule has 0 bridgehead atoms. The molecule has 0 fully saturated rings. The third kappa shape index (κ3) is 4.77. The minimum Gasteiger partial charge on any atom is -0.308 e. The monoisotopic (exact) mass is 349 g/mol. The Morgan fingerprint density at radius 3 is 2.69 bits per heavy atom. The molecule has 5 nitrogen and oxygen atoms in total. The molecule has 0 spiro atoms. The van der Waals surface area contributed by atoms with Gasteiger partial charge in [-0.25, -0.2) is 0 Å². The van der Waals surface area contributed by atoms with Crippen molar-refractivity contribution in [2.75, 3.05) is 7.05 Å². The third-order valence-corrected chi connectivity index (χ3v) is 4.62. The van der Waals surface area contributed by atoms with Crippen LogP contribution in [0.15, 0.2) is 55.0 Å². The Morgan fingerprint density at radius 1 is 1.08 bits per heavy atom. The van der Waals surface area contributed by atoms with Gasteiger partial charge in [-0.1, -0.05) is 24.3 Å². The highest BCUT2D eigenvalue weighted by Crippen LogP contribution is 2.19. The van der Waals surface area contributed by atoms with Gasteiger partial charge in [-0.2, -0.15) is 5.10 Å². The number of nitrogens with zero attached hydrogens (tertiary/aromatic N) is 3. The van der Waals surface area contributed by atoms with Gasteiger partial charge in [0.2, 0.25) is 0 Å². The summed E-state index contributed by atoms with van der Waals surface area (Å²) in [6.45, 7) is 7.00. The molecule has 2 heterocycles. The van der Waals surface area contributed by atoms with Crippen LogP contribution in [0.2, 0.25) is 0 Å². The number of nitrogens with one attached hydrogen (secondary N) is 2. The summed E-state index contributed by atoms with van der Waals surface area (Å²) in [4.78, 5) is 6.53. The summed E-state index contributed by atoms with van der Waals surface area (Å²) in [5, 5.41) is 10.8. The zero-order chi connectivity index (χ0) is 18.4. The predicted octanol–water partition coefficient (Wildman–Crippen LogP) is 3.60. The van der Waals surface area contributed by atoms with Crippen LogP contribution in [-0.2, 0) is 19.6 Å². The number of hydrogen-bond donors (Lipinski definition) is 2. The van der Waals surface area contributed by atoms with Crippen molar-refractivity contribution in [3.8, 4) is 11.3 Å². The van der Waals surface area contributed by atoms with Gasteiger partial charge < -0.3 is 5.32 Å². The van der Waals surface area contributed by atoms with E-state index in [-0.39, 0.29) is 0 Å². The number of aromatic nitrogens is 3. The normalized spacial score (nSPS) is 11.4. The fourth-order valence-corrected chi connectivity index (χ4v) is 2.86. The highest BCUT2D eigenvalue weighted by Gasteiger charge is 2.08. The summed E-state index contributed by atoms with van der Waals surface area (Å²) < 4.78 is 0. The second-order valence-corrected chi connectivity index (χ2v) is 6.94. The van der Waals surface area contributed by atoms with Gasteiger partial charge in [0.15, 0.2) is 0 Å². The Kier molecular flexibility index (Phi) is 6.15. The van der Waals surface area contributed by atoms with Crippen LogP contribution in [0.5, 0.6) is 0 Å². The quantitative estimate of drug-likeness (QED) is 0.652. The lowest BCUT2D eigenvalue weighted by Gasteiger charge is -2.21. The summed E-state index contributed by atoms with van der Waals surface area (Å²) in [7, 11) is 2.16. The fourth-order valence-electron chi connectivity index (χ4n) is 2.86. The summed E-state index contributed by atoms with van der Waals surface area (Å²) >= 11 is 0. The van der Waals surface area contributed by atoms with E-state index in [2.05, 4.69) is 70.6 Å². The molecule has 136 valence electrons. The van der Waals surface area contributed by atoms with Crippen molar-refractivity contribution in [1.82, 2.24) is 25.4 Å². The van der Waals surface area contributed by atoms with Crippen molar-refractivity contribution >= 4 is 0 Å². The molecule has 0 saturated heterocycles. The van der Waals surface area contributed by atoms with E-state index >= 15 is 0 Å². The molecule has 0 saturated carbocycles. The highest BCUT2D eigenvalue weighted by atomic mass is 15.1. The molecule has 2 N–H and O–H groups in total. The second-order valence-electron chi connectivity index (χ2n) is 6.94. The molecular weight excluding hydrogens is 322 g/mol. The van der Waals surface area contributed by atoms with Crippen LogP contribution in [0.3, 0.4) is 0 Å². The van der Waals surface area contributed by atoms with Crippen LogP contribution < -0.4 is 5.32 Å². The van der Waals surface area contributed by atoms with E-state index < -0.39 is 0 Å². The maximum atomic E-state index is 4.19. The second kappa shape index (κ2) is 8.74. The smallest absolute Gasteiger partial charge is 0.0710 e. The molecule has 0 aliphatic carbocycles. The summed E-state index contributed by atoms with van der Waals surface area (Å²) in [5.74, 6) is 0. The number of H-pyrrole nitrogens is 1. The topological polar surface area (TPSA) is 56.8 Å². The number of aromatic amines is 1. The van der Waals surface area contributed by atoms with Crippen molar-refractivity contribution < 1.29 is 0 Å². The van der Waals surface area contributed by atoms with Gasteiger partial charge in [0.25, 0.3) is 0 Å². The summed E-state index contributed by atoms with van der Waals surface area (Å²) in [6, 6.07) is 13.3. The molecule has 5 heteroatoms. The highest BCUT2D eigenvalue weighted by molar-refractivity contribution is 5.61. The first-order valence-corrected chi connectivity index (χ1v) is 9.05. The van der Waals surface area contributed by atoms with Crippen molar-refractivity contribution in [3.63, 3.8) is 0 Å². The van der Waals surface area contributed by atoms with E-state index in [0.717, 1.165) is 36.5 Å². The molecule has 0 atom stereocenters. The number of hydrogen-bond acceptors (Lipinski definition) is 4. The van der Waals surface area contributed by atoms with E-state index in [1.807, 2.05) is 24.5 Å². The lowest BCUT2D eigenvalue weighted by atomic mass is 10.1. The van der Waals surface area contributed by atoms with Crippen molar-refractivity contribution in [2.45, 2.75) is 39.5 Å². The molecule has 26 heavy (non-hydrogen) atoms. The fraction of sp³-hybridized carbons (Fsp3) is 0.333. The molecule has 0 amide bonds. The lowest BCUT2D eigenvalue weighted by Crippen LogP contribution is -2.25. The zero-order valence-electron chi connectivity index (χ0n) is 15.7. The zero-order valence-corrected chi connectivity index (χ0v) is 15.7. The van der Waals surface area contributed by atoms with Gasteiger partial charge in [0, 0.05) is 49.2 Å². The van der Waals surface area contributed by atoms with Crippen molar-refractivity contribution in [3.05, 3.63) is 71.7 Å². The first-order chi connectivity index (χ1) is 12.6. The minimum atomic E-state index is 0.545. The van der Waals surface area contributed by atoms with Gasteiger partial charge in [-0.05, 0) is 44.2 Å². The first kappa shape index (κ1) is 18.3. The van der Waals surface area contributed by atoms with Gasteiger partial charge >= 0.3 is 0 Å². The van der Waals surface area contributed by atoms with Crippen LogP contribution in [0.25, 0.3) is 11.3 Å². The predicted molar refractivity (Wildman–Crippen MR) is 105 cm³/mol. The van der Waals surface area contributed by atoms with E-state index in [1.165, 1.54) is 11.1 Å². The molecule has 2 aromatic heterocycles. The van der Waals surface area contributed by atoms with E-state index in [1.54, 1.807) is 6.20 Å². The summed E-state index contributed by atoms with van der Waals surface area (Å²) in [6.07, 6.45) is 5.51. The molecule has 1 aromatic carbocycles. The van der Waals surface area contributed by atoms with Gasteiger partial charge in [0.1, 0.15) is 0 Å². The van der Waals surface area contributed by atoms with Crippen LogP contribution in [0, 0.1) is 0 Å². The minimum absolute atomic E-state index is 0.545. The standard InChI is InChI=1S/C21H27N5/c1-16(2)26(3)15-18-7-4-6-17(10-18)11-23-13-20-14-24-25-21(20)19-8-5-9-22-12-19/h4-10,12,14,16,23H,11,13,15H2,1-3H3,(H,24,25). The van der Waals surface area contributed by atoms with E-state index in [0.29, 0.717) is 6.04 Å². The van der Waals surface area contributed by atoms with Crippen LogP contribution in [0.1, 0.15) is 30.5 Å². The van der Waals surface area contributed by atoms with Gasteiger partial charge in [-0.3, -0.25) is 15.0 Å². The van der Waals surface area contributed by atoms with Gasteiger partial charge in [0.05, 0.1) is 11.9 Å². The Bertz CT molecular complexity index is 810. The molecular formula is C21H27N5. The van der Waals surface area contributed by atoms with Crippen molar-refractivity contribution in [2.24, 2.45) is 0 Å². The molecule has 0 unspecified atom stereocenters. The number of rotatable bonds is 8. The Morgan fingerprint density at radius 2 is 1.92 bits per heavy atom. The molecule has 0 aliphatic rings. The number of pyridine rings is 1. The maximum absolute atomic E-state index is 4.19. The number of benzene rings is 1. The average molecular weight is 349 g/mol. The molecule has 3 rings (SSSR count). The summed E-state index contributed by atoms with van der Waals surface area (Å²) in [5.41, 5.74) is 5.87. The van der Waals surface area contributed by atoms with Crippen LogP contribution >= 0.6 is 0 Å². The average Bonchev–Trinajstić information content (AvgIpc) is 3.11. The van der Waals surface area contributed by atoms with E-state index in [4.69, 9.17) is 0 Å².